The van der Waals surface area contributed by atoms with Gasteiger partial charge in [-0.25, -0.2) is 9.59 Å². The van der Waals surface area contributed by atoms with Crippen LogP contribution in [0.1, 0.15) is 20.3 Å². The first-order chi connectivity index (χ1) is 5.43. The van der Waals surface area contributed by atoms with Crippen molar-refractivity contribution in [1.29, 1.82) is 0 Å². The Kier molecular flexibility index (Phi) is 4.28. The summed E-state index contributed by atoms with van der Waals surface area (Å²) in [5.41, 5.74) is 10.0. The van der Waals surface area contributed by atoms with Crippen molar-refractivity contribution in [2.45, 2.75) is 26.3 Å². The zero-order chi connectivity index (χ0) is 9.72. The number of ether oxygens (including phenoxy) is 1. The van der Waals surface area contributed by atoms with Crippen molar-refractivity contribution in [3.63, 3.8) is 0 Å². The van der Waals surface area contributed by atoms with Gasteiger partial charge in [0, 0.05) is 0 Å². The quantitative estimate of drug-likeness (QED) is 0.464. The highest BCUT2D eigenvalue weighted by Gasteiger charge is 2.18. The topological polar surface area (TPSA) is 95.4 Å². The van der Waals surface area contributed by atoms with Crippen molar-refractivity contribution in [2.24, 2.45) is 17.4 Å². The van der Waals surface area contributed by atoms with E-state index in [9.17, 15) is 9.59 Å². The van der Waals surface area contributed by atoms with E-state index in [1.54, 1.807) is 0 Å². The van der Waals surface area contributed by atoms with E-state index >= 15 is 0 Å². The summed E-state index contributed by atoms with van der Waals surface area (Å²) in [6.45, 7) is 3.83. The molecule has 0 fully saturated rings. The van der Waals surface area contributed by atoms with E-state index in [4.69, 9.17) is 5.73 Å². The molecule has 0 aromatic carbocycles. The van der Waals surface area contributed by atoms with Crippen LogP contribution in [0, 0.1) is 5.92 Å². The molecule has 0 aromatic heterocycles. The molecule has 4 N–H and O–H groups in total. The average molecular weight is 174 g/mol. The van der Waals surface area contributed by atoms with E-state index in [0.717, 1.165) is 0 Å². The normalized spacial score (nSPS) is 12.7. The molecule has 0 heterocycles. The van der Waals surface area contributed by atoms with Gasteiger partial charge >= 0.3 is 12.1 Å². The third-order valence-electron chi connectivity index (χ3n) is 1.23. The minimum absolute atomic E-state index is 0.278. The number of amides is 1. The molecule has 70 valence electrons. The molecule has 0 radical (unpaired) electrons. The number of rotatable bonds is 3. The monoisotopic (exact) mass is 174 g/mol. The summed E-state index contributed by atoms with van der Waals surface area (Å²) >= 11 is 0. The number of hydrogen-bond donors (Lipinski definition) is 2. The lowest BCUT2D eigenvalue weighted by atomic mass is 10.1. The lowest BCUT2D eigenvalue weighted by Crippen LogP contribution is -2.36. The van der Waals surface area contributed by atoms with Gasteiger partial charge in [0.15, 0.2) is 0 Å². The summed E-state index contributed by atoms with van der Waals surface area (Å²) < 4.78 is 4.09. The molecule has 5 nitrogen and oxygen atoms in total. The summed E-state index contributed by atoms with van der Waals surface area (Å²) in [7, 11) is 0. The van der Waals surface area contributed by atoms with Gasteiger partial charge in [-0.15, -0.1) is 0 Å². The molecule has 0 saturated heterocycles. The smallest absolute Gasteiger partial charge is 0.375 e. The molecule has 0 saturated carbocycles. The van der Waals surface area contributed by atoms with E-state index in [1.165, 1.54) is 0 Å². The molecule has 1 amide bonds. The van der Waals surface area contributed by atoms with Gasteiger partial charge in [0.05, 0.1) is 0 Å². The van der Waals surface area contributed by atoms with Gasteiger partial charge in [0.1, 0.15) is 6.04 Å². The average Bonchev–Trinajstić information content (AvgIpc) is 1.84. The van der Waals surface area contributed by atoms with Gasteiger partial charge in [-0.3, -0.25) is 0 Å². The Balaban J connectivity index is 3.85. The van der Waals surface area contributed by atoms with Crippen LogP contribution < -0.4 is 11.5 Å². The van der Waals surface area contributed by atoms with Crippen molar-refractivity contribution >= 4 is 12.1 Å². The van der Waals surface area contributed by atoms with Crippen molar-refractivity contribution in [3.05, 3.63) is 0 Å². The third-order valence-corrected chi connectivity index (χ3v) is 1.23. The number of carbonyl (C=O) groups excluding carboxylic acids is 2. The Morgan fingerprint density at radius 1 is 1.42 bits per heavy atom. The van der Waals surface area contributed by atoms with Gasteiger partial charge in [0.2, 0.25) is 0 Å². The van der Waals surface area contributed by atoms with Crippen molar-refractivity contribution in [2.75, 3.05) is 0 Å². The Morgan fingerprint density at radius 3 is 2.25 bits per heavy atom. The van der Waals surface area contributed by atoms with Gasteiger partial charge in [-0.1, -0.05) is 13.8 Å². The van der Waals surface area contributed by atoms with Crippen LogP contribution in [-0.4, -0.2) is 18.1 Å². The van der Waals surface area contributed by atoms with Crippen LogP contribution in [0.4, 0.5) is 4.79 Å². The maximum absolute atomic E-state index is 10.8. The predicted molar refractivity (Wildman–Crippen MR) is 43.1 cm³/mol. The highest BCUT2D eigenvalue weighted by Crippen LogP contribution is 2.03. The van der Waals surface area contributed by atoms with Gasteiger partial charge in [-0.2, -0.15) is 0 Å². The second-order valence-corrected chi connectivity index (χ2v) is 2.98. The fourth-order valence-corrected chi connectivity index (χ4v) is 0.779. The molecule has 0 aliphatic rings. The van der Waals surface area contributed by atoms with Gasteiger partial charge in [-0.05, 0) is 12.3 Å². The third kappa shape index (κ3) is 4.68. The highest BCUT2D eigenvalue weighted by atomic mass is 16.6. The Hall–Kier alpha value is -1.10. The molecule has 0 rings (SSSR count). The molecule has 0 bridgehead atoms. The first kappa shape index (κ1) is 10.9. The van der Waals surface area contributed by atoms with Crippen molar-refractivity contribution in [1.82, 2.24) is 0 Å². The van der Waals surface area contributed by atoms with Crippen LogP contribution in [-0.2, 0) is 9.53 Å². The van der Waals surface area contributed by atoms with Crippen LogP contribution in [0.25, 0.3) is 0 Å². The summed E-state index contributed by atoms with van der Waals surface area (Å²) in [5.74, 6) is -0.489. The van der Waals surface area contributed by atoms with E-state index in [2.05, 4.69) is 10.5 Å². The number of esters is 1. The minimum Gasteiger partial charge on any atom is -0.375 e. The molecule has 12 heavy (non-hydrogen) atoms. The van der Waals surface area contributed by atoms with E-state index in [-0.39, 0.29) is 5.92 Å². The molecule has 1 atom stereocenters. The maximum atomic E-state index is 10.8. The second-order valence-electron chi connectivity index (χ2n) is 2.98. The summed E-state index contributed by atoms with van der Waals surface area (Å²) in [6.07, 6.45) is -0.634. The molecular weight excluding hydrogens is 160 g/mol. The zero-order valence-corrected chi connectivity index (χ0v) is 7.24. The maximum Gasteiger partial charge on any atom is 0.412 e. The Labute approximate surface area is 71.0 Å². The molecule has 0 aromatic rings. The standard InChI is InChI=1S/C7H14N2O3/c1-4(2)3-5(8)6(10)12-7(9)11/h4-5H,3,8H2,1-2H3,(H2,9,11)/t5-/m0/s1. The van der Waals surface area contributed by atoms with Crippen LogP contribution in [0.2, 0.25) is 0 Å². The molecule has 5 heteroatoms. The number of nitrogens with two attached hydrogens (primary N) is 2. The number of primary amides is 1. The fraction of sp³-hybridized carbons (Fsp3) is 0.714. The Bertz CT molecular complexity index is 179. The molecule has 0 aliphatic carbocycles. The molecular formula is C7H14N2O3. The highest BCUT2D eigenvalue weighted by molar-refractivity contribution is 5.86. The summed E-state index contributed by atoms with van der Waals surface area (Å²) in [6, 6.07) is -0.766. The van der Waals surface area contributed by atoms with Crippen LogP contribution in [0.5, 0.6) is 0 Å². The van der Waals surface area contributed by atoms with Crippen molar-refractivity contribution in [3.8, 4) is 0 Å². The first-order valence-corrected chi connectivity index (χ1v) is 3.70. The van der Waals surface area contributed by atoms with E-state index < -0.39 is 18.1 Å². The van der Waals surface area contributed by atoms with Crippen molar-refractivity contribution < 1.29 is 14.3 Å². The second kappa shape index (κ2) is 4.71. The minimum atomic E-state index is -1.11. The molecule has 0 spiro atoms. The SMILES string of the molecule is CC(C)C[C@H](N)C(=O)OC(N)=O. The predicted octanol–water partition coefficient (Wildman–Crippen LogP) is -0.0183. The summed E-state index contributed by atoms with van der Waals surface area (Å²) in [5, 5.41) is 0. The largest absolute Gasteiger partial charge is 0.412 e. The van der Waals surface area contributed by atoms with Crippen LogP contribution >= 0.6 is 0 Å². The van der Waals surface area contributed by atoms with Crippen LogP contribution in [0.3, 0.4) is 0 Å². The molecule has 0 unspecified atom stereocenters. The number of carbonyl (C=O) groups is 2. The Morgan fingerprint density at radius 2 is 1.92 bits per heavy atom. The summed E-state index contributed by atoms with van der Waals surface area (Å²) in [4.78, 5) is 21.0. The lowest BCUT2D eigenvalue weighted by molar-refractivity contribution is -0.138. The van der Waals surface area contributed by atoms with E-state index in [0.29, 0.717) is 6.42 Å². The van der Waals surface area contributed by atoms with Gasteiger partial charge in [0.25, 0.3) is 0 Å². The van der Waals surface area contributed by atoms with E-state index in [1.807, 2.05) is 13.8 Å². The first-order valence-electron chi connectivity index (χ1n) is 3.70. The number of hydrogen-bond acceptors (Lipinski definition) is 4. The van der Waals surface area contributed by atoms with Gasteiger partial charge < -0.3 is 16.2 Å². The zero-order valence-electron chi connectivity index (χ0n) is 7.24. The van der Waals surface area contributed by atoms with Crippen LogP contribution in [0.15, 0.2) is 0 Å². The lowest BCUT2D eigenvalue weighted by Gasteiger charge is -2.10. The molecule has 0 aliphatic heterocycles. The fourth-order valence-electron chi connectivity index (χ4n) is 0.779.